The molecule has 2 N–H and O–H groups in total. The van der Waals surface area contributed by atoms with Crippen molar-refractivity contribution in [1.82, 2.24) is 0 Å². The van der Waals surface area contributed by atoms with Gasteiger partial charge >= 0.3 is 11.9 Å². The van der Waals surface area contributed by atoms with Gasteiger partial charge in [-0.1, -0.05) is 12.2 Å². The molecule has 0 fully saturated rings. The minimum Gasteiger partial charge on any atom is -0.478 e. The molecule has 12 heavy (non-hydrogen) atoms. The van der Waals surface area contributed by atoms with E-state index >= 15 is 0 Å². The predicted octanol–water partition coefficient (Wildman–Crippen LogP) is 1.05. The lowest BCUT2D eigenvalue weighted by molar-refractivity contribution is -0.132. The third kappa shape index (κ3) is 8.42. The van der Waals surface area contributed by atoms with Gasteiger partial charge < -0.3 is 10.2 Å². The molecule has 0 spiro atoms. The van der Waals surface area contributed by atoms with Crippen molar-refractivity contribution in [1.29, 1.82) is 0 Å². The van der Waals surface area contributed by atoms with E-state index in [2.05, 4.69) is 0 Å². The maximum atomic E-state index is 9.94. The maximum absolute atomic E-state index is 9.94. The van der Waals surface area contributed by atoms with Crippen LogP contribution < -0.4 is 0 Å². The molecule has 0 saturated carbocycles. The SMILES string of the molecule is O=C(O)/C=C\CC/C=C\C(=O)O. The third-order valence-corrected chi connectivity index (χ3v) is 1.02. The van der Waals surface area contributed by atoms with Crippen LogP contribution in [0, 0.1) is 0 Å². The quantitative estimate of drug-likeness (QED) is 0.477. The van der Waals surface area contributed by atoms with Crippen LogP contribution in [0.15, 0.2) is 24.3 Å². The van der Waals surface area contributed by atoms with Crippen molar-refractivity contribution >= 4 is 11.9 Å². The predicted molar refractivity (Wildman–Crippen MR) is 42.8 cm³/mol. The van der Waals surface area contributed by atoms with Crippen LogP contribution >= 0.6 is 0 Å². The second-order valence-corrected chi connectivity index (χ2v) is 2.06. The Morgan fingerprint density at radius 3 is 1.50 bits per heavy atom. The molecule has 0 aliphatic rings. The van der Waals surface area contributed by atoms with Crippen LogP contribution in [0.1, 0.15) is 12.8 Å². The minimum atomic E-state index is -0.989. The molecule has 4 heteroatoms. The number of allylic oxidation sites excluding steroid dienone is 2. The number of carbonyl (C=O) groups is 2. The first kappa shape index (κ1) is 10.4. The van der Waals surface area contributed by atoms with Crippen molar-refractivity contribution in [2.75, 3.05) is 0 Å². The van der Waals surface area contributed by atoms with E-state index in [9.17, 15) is 9.59 Å². The smallest absolute Gasteiger partial charge is 0.327 e. The van der Waals surface area contributed by atoms with Crippen molar-refractivity contribution < 1.29 is 19.8 Å². The first-order valence-corrected chi connectivity index (χ1v) is 3.42. The van der Waals surface area contributed by atoms with Crippen LogP contribution in [0.3, 0.4) is 0 Å². The minimum absolute atomic E-state index is 0.538. The first-order valence-electron chi connectivity index (χ1n) is 3.42. The molecule has 0 heterocycles. The Balaban J connectivity index is 3.45. The van der Waals surface area contributed by atoms with Crippen LogP contribution in [-0.2, 0) is 9.59 Å². The van der Waals surface area contributed by atoms with Crippen LogP contribution in [0.4, 0.5) is 0 Å². The highest BCUT2D eigenvalue weighted by molar-refractivity contribution is 5.80. The van der Waals surface area contributed by atoms with Crippen LogP contribution in [0.5, 0.6) is 0 Å². The highest BCUT2D eigenvalue weighted by Gasteiger charge is 1.85. The second-order valence-electron chi connectivity index (χ2n) is 2.06. The van der Waals surface area contributed by atoms with Crippen molar-refractivity contribution in [2.45, 2.75) is 12.8 Å². The van der Waals surface area contributed by atoms with E-state index in [0.717, 1.165) is 12.2 Å². The maximum Gasteiger partial charge on any atom is 0.327 e. The zero-order chi connectivity index (χ0) is 9.40. The summed E-state index contributed by atoms with van der Waals surface area (Å²) in [5, 5.41) is 16.3. The average molecular weight is 170 g/mol. The molecule has 4 nitrogen and oxygen atoms in total. The normalized spacial score (nSPS) is 11.0. The van der Waals surface area contributed by atoms with E-state index in [1.54, 1.807) is 0 Å². The van der Waals surface area contributed by atoms with Gasteiger partial charge in [0.25, 0.3) is 0 Å². The number of unbranched alkanes of at least 4 members (excludes halogenated alkanes) is 1. The lowest BCUT2D eigenvalue weighted by Gasteiger charge is -1.84. The van der Waals surface area contributed by atoms with E-state index in [4.69, 9.17) is 10.2 Å². The van der Waals surface area contributed by atoms with Gasteiger partial charge in [0.2, 0.25) is 0 Å². The molecule has 0 aliphatic carbocycles. The van der Waals surface area contributed by atoms with Gasteiger partial charge in [-0.15, -0.1) is 0 Å². The summed E-state index contributed by atoms with van der Waals surface area (Å²) in [7, 11) is 0. The summed E-state index contributed by atoms with van der Waals surface area (Å²) in [5.74, 6) is -1.98. The highest BCUT2D eigenvalue weighted by atomic mass is 16.4. The Hall–Kier alpha value is -1.58. The van der Waals surface area contributed by atoms with E-state index in [0.29, 0.717) is 12.8 Å². The van der Waals surface area contributed by atoms with E-state index in [-0.39, 0.29) is 0 Å². The zero-order valence-corrected chi connectivity index (χ0v) is 6.43. The van der Waals surface area contributed by atoms with Gasteiger partial charge in [0, 0.05) is 12.2 Å². The Bertz CT molecular complexity index is 191. The Morgan fingerprint density at radius 1 is 0.917 bits per heavy atom. The third-order valence-electron chi connectivity index (χ3n) is 1.02. The summed E-state index contributed by atoms with van der Waals surface area (Å²) in [6.07, 6.45) is 6.11. The van der Waals surface area contributed by atoms with Gasteiger partial charge in [-0.3, -0.25) is 0 Å². The molecule has 0 amide bonds. The molecule has 0 atom stereocenters. The molecule has 0 bridgehead atoms. The molecule has 0 unspecified atom stereocenters. The molecule has 0 rings (SSSR count). The Kier molecular flexibility index (Phi) is 5.34. The fourth-order valence-electron chi connectivity index (χ4n) is 0.561. The lowest BCUT2D eigenvalue weighted by Crippen LogP contribution is -1.86. The van der Waals surface area contributed by atoms with E-state index in [1.165, 1.54) is 12.2 Å². The van der Waals surface area contributed by atoms with Crippen molar-refractivity contribution in [2.24, 2.45) is 0 Å². The molecular formula is C8H10O4. The average Bonchev–Trinajstić information content (AvgIpc) is 1.95. The summed E-state index contributed by atoms with van der Waals surface area (Å²) in [6.45, 7) is 0. The number of carboxylic acids is 2. The zero-order valence-electron chi connectivity index (χ0n) is 6.43. The molecule has 0 saturated heterocycles. The summed E-state index contributed by atoms with van der Waals surface area (Å²) in [5.41, 5.74) is 0. The topological polar surface area (TPSA) is 74.6 Å². The fourth-order valence-corrected chi connectivity index (χ4v) is 0.561. The fraction of sp³-hybridized carbons (Fsp3) is 0.250. The number of hydrogen-bond donors (Lipinski definition) is 2. The van der Waals surface area contributed by atoms with Crippen LogP contribution in [0.2, 0.25) is 0 Å². The largest absolute Gasteiger partial charge is 0.478 e. The van der Waals surface area contributed by atoms with Crippen LogP contribution in [0.25, 0.3) is 0 Å². The molecule has 0 aromatic rings. The van der Waals surface area contributed by atoms with Gasteiger partial charge in [0.1, 0.15) is 0 Å². The second kappa shape index (κ2) is 6.15. The summed E-state index contributed by atoms with van der Waals surface area (Å²) in [6, 6.07) is 0. The van der Waals surface area contributed by atoms with E-state index < -0.39 is 11.9 Å². The van der Waals surface area contributed by atoms with Gasteiger partial charge in [-0.2, -0.15) is 0 Å². The molecule has 0 aromatic carbocycles. The molecular weight excluding hydrogens is 160 g/mol. The van der Waals surface area contributed by atoms with Crippen molar-refractivity contribution in [3.8, 4) is 0 Å². The highest BCUT2D eigenvalue weighted by Crippen LogP contribution is 1.92. The standard InChI is InChI=1S/C8H10O4/c9-7(10)5-3-1-2-4-6-8(11)12/h3-6H,1-2H2,(H,9,10)(H,11,12)/b5-3-,6-4-. The first-order chi connectivity index (χ1) is 5.63. The monoisotopic (exact) mass is 170 g/mol. The Morgan fingerprint density at radius 2 is 1.25 bits per heavy atom. The van der Waals surface area contributed by atoms with Gasteiger partial charge in [-0.25, -0.2) is 9.59 Å². The van der Waals surface area contributed by atoms with Gasteiger partial charge in [0.15, 0.2) is 0 Å². The molecule has 0 aromatic heterocycles. The summed E-state index contributed by atoms with van der Waals surface area (Å²) >= 11 is 0. The molecule has 66 valence electrons. The number of carboxylic acid groups (broad SMARTS) is 2. The lowest BCUT2D eigenvalue weighted by atomic mass is 10.2. The van der Waals surface area contributed by atoms with Gasteiger partial charge in [-0.05, 0) is 12.8 Å². The number of hydrogen-bond acceptors (Lipinski definition) is 2. The molecule has 0 aliphatic heterocycles. The van der Waals surface area contributed by atoms with Crippen molar-refractivity contribution in [3.63, 3.8) is 0 Å². The number of aliphatic carboxylic acids is 2. The van der Waals surface area contributed by atoms with E-state index in [1.807, 2.05) is 0 Å². The summed E-state index contributed by atoms with van der Waals surface area (Å²) < 4.78 is 0. The van der Waals surface area contributed by atoms with Crippen LogP contribution in [-0.4, -0.2) is 22.2 Å². The summed E-state index contributed by atoms with van der Waals surface area (Å²) in [4.78, 5) is 19.9. The molecule has 0 radical (unpaired) electrons. The Labute approximate surface area is 69.8 Å². The number of rotatable bonds is 5. The van der Waals surface area contributed by atoms with Gasteiger partial charge in [0.05, 0.1) is 0 Å². The van der Waals surface area contributed by atoms with Crippen molar-refractivity contribution in [3.05, 3.63) is 24.3 Å².